The van der Waals surface area contributed by atoms with Crippen LogP contribution in [0.3, 0.4) is 0 Å². The first kappa shape index (κ1) is 11.2. The lowest BCUT2D eigenvalue weighted by Gasteiger charge is -2.10. The highest BCUT2D eigenvalue weighted by atomic mass is 35.5. The van der Waals surface area contributed by atoms with E-state index in [0.717, 1.165) is 26.3 Å². The number of aromatic nitrogens is 1. The average molecular weight is 241 g/mol. The Morgan fingerprint density at radius 1 is 1.38 bits per heavy atom. The second-order valence-electron chi connectivity index (χ2n) is 2.32. The van der Waals surface area contributed by atoms with Crippen LogP contribution in [-0.4, -0.2) is 30.7 Å². The van der Waals surface area contributed by atoms with Crippen molar-refractivity contribution in [1.29, 1.82) is 0 Å². The Morgan fingerprint density at radius 3 is 2.23 bits per heavy atom. The maximum atomic E-state index is 5.44. The summed E-state index contributed by atoms with van der Waals surface area (Å²) in [7, 11) is 0. The zero-order valence-corrected chi connectivity index (χ0v) is 9.25. The fourth-order valence-corrected chi connectivity index (χ4v) is 1.63. The monoisotopic (exact) mass is 240 g/mol. The van der Waals surface area contributed by atoms with Gasteiger partial charge in [-0.05, 0) is 11.5 Å². The Hall–Kier alpha value is 0.130. The van der Waals surface area contributed by atoms with Gasteiger partial charge in [-0.1, -0.05) is 23.2 Å². The van der Waals surface area contributed by atoms with Crippen molar-refractivity contribution >= 4 is 34.7 Å². The van der Waals surface area contributed by atoms with E-state index in [1.807, 2.05) is 0 Å². The lowest BCUT2D eigenvalue weighted by atomic mass is 10.5. The lowest BCUT2D eigenvalue weighted by molar-refractivity contribution is 0.109. The maximum absolute atomic E-state index is 5.44. The summed E-state index contributed by atoms with van der Waals surface area (Å²) in [4.78, 5) is 0. The molecule has 2 rings (SSSR count). The van der Waals surface area contributed by atoms with Crippen LogP contribution in [0.25, 0.3) is 0 Å². The van der Waals surface area contributed by atoms with Crippen LogP contribution in [0.5, 0.6) is 0 Å². The molecule has 0 saturated carbocycles. The minimum absolute atomic E-state index is 0.395. The van der Waals surface area contributed by atoms with Gasteiger partial charge in [-0.2, -0.15) is 4.37 Å². The zero-order chi connectivity index (χ0) is 9.52. The van der Waals surface area contributed by atoms with Gasteiger partial charge in [0.15, 0.2) is 5.15 Å². The predicted molar refractivity (Wildman–Crippen MR) is 55.8 cm³/mol. The number of morpholine rings is 1. The van der Waals surface area contributed by atoms with Crippen molar-refractivity contribution in [3.05, 3.63) is 15.6 Å². The Morgan fingerprint density at radius 2 is 2.08 bits per heavy atom. The van der Waals surface area contributed by atoms with Gasteiger partial charge in [0.1, 0.15) is 0 Å². The molecule has 1 aliphatic rings. The number of nitrogens with zero attached hydrogens (tertiary/aromatic N) is 1. The summed E-state index contributed by atoms with van der Waals surface area (Å²) in [6.07, 6.45) is 0. The van der Waals surface area contributed by atoms with Gasteiger partial charge in [0.05, 0.1) is 18.2 Å². The molecule has 1 aromatic heterocycles. The maximum Gasteiger partial charge on any atom is 0.161 e. The molecule has 74 valence electrons. The number of rotatable bonds is 0. The van der Waals surface area contributed by atoms with Crippen molar-refractivity contribution in [3.8, 4) is 0 Å². The third-order valence-electron chi connectivity index (χ3n) is 1.33. The van der Waals surface area contributed by atoms with E-state index in [-0.39, 0.29) is 0 Å². The van der Waals surface area contributed by atoms with Gasteiger partial charge in [-0.15, -0.1) is 0 Å². The number of hydrogen-bond donors (Lipinski definition) is 1. The summed E-state index contributed by atoms with van der Waals surface area (Å²) in [5, 5.41) is 5.77. The summed E-state index contributed by atoms with van der Waals surface area (Å²) >= 11 is 12.1. The van der Waals surface area contributed by atoms with Crippen LogP contribution in [0.2, 0.25) is 10.2 Å². The zero-order valence-electron chi connectivity index (χ0n) is 6.93. The molecular formula is C7H10Cl2N2OS. The molecule has 2 heterocycles. The molecule has 0 unspecified atom stereocenters. The molecule has 0 aromatic carbocycles. The van der Waals surface area contributed by atoms with Crippen molar-refractivity contribution in [2.75, 3.05) is 26.3 Å². The molecule has 0 spiro atoms. The first-order chi connectivity index (χ1) is 6.30. The van der Waals surface area contributed by atoms with E-state index in [9.17, 15) is 0 Å². The van der Waals surface area contributed by atoms with Crippen molar-refractivity contribution in [1.82, 2.24) is 9.69 Å². The molecule has 13 heavy (non-hydrogen) atoms. The molecule has 1 saturated heterocycles. The van der Waals surface area contributed by atoms with Gasteiger partial charge >= 0.3 is 0 Å². The smallest absolute Gasteiger partial charge is 0.161 e. The Labute approximate surface area is 91.2 Å². The first-order valence-electron chi connectivity index (χ1n) is 3.84. The van der Waals surface area contributed by atoms with E-state index < -0.39 is 0 Å². The number of halogens is 2. The fraction of sp³-hybridized carbons (Fsp3) is 0.571. The van der Waals surface area contributed by atoms with E-state index in [1.165, 1.54) is 11.5 Å². The SMILES string of the molecule is C1COCCN1.Clc1csnc1Cl. The number of nitrogens with one attached hydrogen (secondary N) is 1. The molecule has 0 bridgehead atoms. The van der Waals surface area contributed by atoms with E-state index in [4.69, 9.17) is 27.9 Å². The molecule has 0 aliphatic carbocycles. The molecule has 1 aliphatic heterocycles. The highest BCUT2D eigenvalue weighted by Gasteiger charge is 1.94. The lowest BCUT2D eigenvalue weighted by Crippen LogP contribution is -2.30. The third kappa shape index (κ3) is 4.78. The van der Waals surface area contributed by atoms with Crippen LogP contribution in [0.4, 0.5) is 0 Å². The van der Waals surface area contributed by atoms with E-state index in [2.05, 4.69) is 9.69 Å². The summed E-state index contributed by atoms with van der Waals surface area (Å²) < 4.78 is 8.70. The Kier molecular flexibility index (Phi) is 5.66. The summed E-state index contributed by atoms with van der Waals surface area (Å²) in [6.45, 7) is 3.83. The van der Waals surface area contributed by atoms with Gasteiger partial charge in [-0.25, -0.2) is 0 Å². The molecule has 1 aromatic rings. The minimum atomic E-state index is 0.395. The molecule has 1 fully saturated rings. The van der Waals surface area contributed by atoms with Gasteiger partial charge in [-0.3, -0.25) is 0 Å². The van der Waals surface area contributed by atoms with E-state index in [1.54, 1.807) is 5.38 Å². The highest BCUT2D eigenvalue weighted by Crippen LogP contribution is 2.20. The third-order valence-corrected chi connectivity index (χ3v) is 2.86. The quantitative estimate of drug-likeness (QED) is 0.754. The molecule has 1 N–H and O–H groups in total. The van der Waals surface area contributed by atoms with Gasteiger partial charge in [0.2, 0.25) is 0 Å². The molecule has 0 amide bonds. The molecule has 0 atom stereocenters. The van der Waals surface area contributed by atoms with Crippen molar-refractivity contribution in [3.63, 3.8) is 0 Å². The summed E-state index contributed by atoms with van der Waals surface area (Å²) in [5.74, 6) is 0. The normalized spacial score (nSPS) is 16.2. The summed E-state index contributed by atoms with van der Waals surface area (Å²) in [6, 6.07) is 0. The standard InChI is InChI=1S/C4H9NO.C3HCl2NS/c1-3-6-4-2-5-1;4-2-1-7-6-3(2)5/h5H,1-4H2;1H. The van der Waals surface area contributed by atoms with Crippen LogP contribution in [0, 0.1) is 0 Å². The largest absolute Gasteiger partial charge is 0.379 e. The second kappa shape index (κ2) is 6.56. The second-order valence-corrected chi connectivity index (χ2v) is 3.71. The minimum Gasteiger partial charge on any atom is -0.379 e. The van der Waals surface area contributed by atoms with Crippen molar-refractivity contribution in [2.24, 2.45) is 0 Å². The number of ether oxygens (including phenoxy) is 1. The van der Waals surface area contributed by atoms with Gasteiger partial charge in [0, 0.05) is 18.5 Å². The van der Waals surface area contributed by atoms with Crippen LogP contribution in [0.15, 0.2) is 5.38 Å². The molecular weight excluding hydrogens is 231 g/mol. The highest BCUT2D eigenvalue weighted by molar-refractivity contribution is 7.04. The van der Waals surface area contributed by atoms with E-state index >= 15 is 0 Å². The van der Waals surface area contributed by atoms with Crippen LogP contribution < -0.4 is 5.32 Å². The fourth-order valence-electron chi connectivity index (χ4n) is 0.727. The van der Waals surface area contributed by atoms with E-state index in [0.29, 0.717) is 10.2 Å². The summed E-state index contributed by atoms with van der Waals surface area (Å²) in [5.41, 5.74) is 0. The Bertz CT molecular complexity index is 212. The van der Waals surface area contributed by atoms with Crippen molar-refractivity contribution in [2.45, 2.75) is 0 Å². The first-order valence-corrected chi connectivity index (χ1v) is 5.44. The molecule has 6 heteroatoms. The van der Waals surface area contributed by atoms with Gasteiger partial charge in [0.25, 0.3) is 0 Å². The van der Waals surface area contributed by atoms with Crippen molar-refractivity contribution < 1.29 is 4.74 Å². The van der Waals surface area contributed by atoms with Crippen LogP contribution in [0.1, 0.15) is 0 Å². The van der Waals surface area contributed by atoms with Gasteiger partial charge < -0.3 is 10.1 Å². The topological polar surface area (TPSA) is 34.1 Å². The Balaban J connectivity index is 0.000000132. The average Bonchev–Trinajstić information content (AvgIpc) is 2.55. The predicted octanol–water partition coefficient (Wildman–Crippen LogP) is 2.06. The molecule has 0 radical (unpaired) electrons. The molecule has 3 nitrogen and oxygen atoms in total. The van der Waals surface area contributed by atoms with Crippen LogP contribution in [-0.2, 0) is 4.74 Å². The number of hydrogen-bond acceptors (Lipinski definition) is 4. The van der Waals surface area contributed by atoms with Crippen LogP contribution >= 0.6 is 34.7 Å².